The normalized spacial score (nSPS) is 10.9. The van der Waals surface area contributed by atoms with Gasteiger partial charge in [0.25, 0.3) is 5.91 Å². The molecule has 0 saturated heterocycles. The highest BCUT2D eigenvalue weighted by atomic mass is 35.5. The molecule has 27 heavy (non-hydrogen) atoms. The van der Waals surface area contributed by atoms with E-state index in [1.54, 1.807) is 42.6 Å². The Morgan fingerprint density at radius 2 is 2.00 bits per heavy atom. The maximum atomic E-state index is 12.5. The molecule has 0 atom stereocenters. The Kier molecular flexibility index (Phi) is 5.55. The highest BCUT2D eigenvalue weighted by Crippen LogP contribution is 2.26. The van der Waals surface area contributed by atoms with Crippen LogP contribution in [0.1, 0.15) is 5.56 Å². The average Bonchev–Trinajstić information content (AvgIpc) is 3.15. The maximum absolute atomic E-state index is 12.5. The Morgan fingerprint density at radius 1 is 1.26 bits per heavy atom. The molecule has 3 aromatic rings. The van der Waals surface area contributed by atoms with Crippen LogP contribution in [0.2, 0.25) is 5.02 Å². The van der Waals surface area contributed by atoms with Gasteiger partial charge in [0.15, 0.2) is 0 Å². The minimum atomic E-state index is -0.537. The van der Waals surface area contributed by atoms with Crippen LogP contribution in [-0.2, 0) is 4.79 Å². The molecule has 0 bridgehead atoms. The number of anilines is 1. The first-order valence-corrected chi connectivity index (χ1v) is 8.35. The minimum Gasteiger partial charge on any atom is -0.495 e. The predicted molar refractivity (Wildman–Crippen MR) is 104 cm³/mol. The molecule has 1 heterocycles. The van der Waals surface area contributed by atoms with Crippen molar-refractivity contribution in [2.75, 3.05) is 12.4 Å². The zero-order valence-corrected chi connectivity index (χ0v) is 15.1. The number of H-pyrrole nitrogens is 1. The van der Waals surface area contributed by atoms with Gasteiger partial charge in [-0.05, 0) is 30.3 Å². The molecule has 0 saturated carbocycles. The number of para-hydroxylation sites is 2. The monoisotopic (exact) mass is 378 g/mol. The number of amides is 1. The molecule has 0 fully saturated rings. The second-order valence-corrected chi connectivity index (χ2v) is 5.97. The SMILES string of the molecule is COc1ccccc1NC(=O)/C(C#N)=C\c1cn[nH]c1-c1ccc(Cl)cc1. The van der Waals surface area contributed by atoms with Crippen molar-refractivity contribution < 1.29 is 9.53 Å². The summed E-state index contributed by atoms with van der Waals surface area (Å²) in [4.78, 5) is 12.5. The minimum absolute atomic E-state index is 0.0579. The number of halogens is 1. The van der Waals surface area contributed by atoms with Gasteiger partial charge in [-0.1, -0.05) is 35.9 Å². The van der Waals surface area contributed by atoms with E-state index in [0.29, 0.717) is 27.7 Å². The van der Waals surface area contributed by atoms with E-state index in [0.717, 1.165) is 5.56 Å². The van der Waals surface area contributed by atoms with Crippen molar-refractivity contribution >= 4 is 29.3 Å². The second-order valence-electron chi connectivity index (χ2n) is 5.53. The second kappa shape index (κ2) is 8.21. The van der Waals surface area contributed by atoms with Crippen LogP contribution in [0.25, 0.3) is 17.3 Å². The number of methoxy groups -OCH3 is 1. The Labute approximate surface area is 161 Å². The molecule has 0 radical (unpaired) electrons. The van der Waals surface area contributed by atoms with Gasteiger partial charge >= 0.3 is 0 Å². The van der Waals surface area contributed by atoms with E-state index >= 15 is 0 Å². The number of nitrogens with one attached hydrogen (secondary N) is 2. The van der Waals surface area contributed by atoms with Crippen LogP contribution in [0, 0.1) is 11.3 Å². The van der Waals surface area contributed by atoms with Crippen LogP contribution >= 0.6 is 11.6 Å². The molecular formula is C20H15ClN4O2. The molecule has 3 rings (SSSR count). The number of carbonyl (C=O) groups is 1. The maximum Gasteiger partial charge on any atom is 0.266 e. The number of hydrogen-bond acceptors (Lipinski definition) is 4. The summed E-state index contributed by atoms with van der Waals surface area (Å²) in [6, 6.07) is 16.1. The van der Waals surface area contributed by atoms with E-state index < -0.39 is 5.91 Å². The number of aromatic amines is 1. The predicted octanol–water partition coefficient (Wildman–Crippen LogP) is 4.28. The Bertz CT molecular complexity index is 1030. The number of aromatic nitrogens is 2. The van der Waals surface area contributed by atoms with Crippen molar-refractivity contribution in [3.63, 3.8) is 0 Å². The molecule has 7 heteroatoms. The number of hydrogen-bond donors (Lipinski definition) is 2. The largest absolute Gasteiger partial charge is 0.495 e. The molecule has 2 N–H and O–H groups in total. The van der Waals surface area contributed by atoms with Crippen LogP contribution in [0.3, 0.4) is 0 Å². The van der Waals surface area contributed by atoms with Crippen molar-refractivity contribution in [1.29, 1.82) is 5.26 Å². The fourth-order valence-electron chi connectivity index (χ4n) is 2.49. The van der Waals surface area contributed by atoms with Crippen molar-refractivity contribution in [3.05, 3.63) is 70.9 Å². The Balaban J connectivity index is 1.89. The van der Waals surface area contributed by atoms with E-state index in [-0.39, 0.29) is 5.57 Å². The summed E-state index contributed by atoms with van der Waals surface area (Å²) in [5, 5.41) is 19.6. The molecule has 0 unspecified atom stereocenters. The van der Waals surface area contributed by atoms with Gasteiger partial charge in [0.05, 0.1) is 24.7 Å². The van der Waals surface area contributed by atoms with Gasteiger partial charge < -0.3 is 10.1 Å². The molecule has 1 aromatic heterocycles. The Hall–Kier alpha value is -3.56. The summed E-state index contributed by atoms with van der Waals surface area (Å²) in [6.45, 7) is 0. The molecule has 0 aliphatic rings. The number of benzene rings is 2. The van der Waals surface area contributed by atoms with Crippen molar-refractivity contribution in [2.24, 2.45) is 0 Å². The fraction of sp³-hybridized carbons (Fsp3) is 0.0500. The quantitative estimate of drug-likeness (QED) is 0.512. The summed E-state index contributed by atoms with van der Waals surface area (Å²) in [7, 11) is 1.51. The summed E-state index contributed by atoms with van der Waals surface area (Å²) >= 11 is 5.92. The Morgan fingerprint density at radius 3 is 2.70 bits per heavy atom. The van der Waals surface area contributed by atoms with E-state index in [1.807, 2.05) is 18.2 Å². The first-order chi connectivity index (χ1) is 13.1. The highest BCUT2D eigenvalue weighted by Gasteiger charge is 2.14. The lowest BCUT2D eigenvalue weighted by atomic mass is 10.1. The van der Waals surface area contributed by atoms with E-state index in [4.69, 9.17) is 16.3 Å². The van der Waals surface area contributed by atoms with Crippen molar-refractivity contribution in [3.8, 4) is 23.1 Å². The van der Waals surface area contributed by atoms with Gasteiger partial charge in [0, 0.05) is 16.1 Å². The van der Waals surface area contributed by atoms with Crippen LogP contribution < -0.4 is 10.1 Å². The number of carbonyl (C=O) groups excluding carboxylic acids is 1. The summed E-state index contributed by atoms with van der Waals surface area (Å²) < 4.78 is 5.21. The number of ether oxygens (including phenoxy) is 1. The lowest BCUT2D eigenvalue weighted by Gasteiger charge is -2.09. The first kappa shape index (κ1) is 18.2. The van der Waals surface area contributed by atoms with E-state index in [9.17, 15) is 10.1 Å². The molecule has 134 valence electrons. The van der Waals surface area contributed by atoms with Crippen molar-refractivity contribution in [1.82, 2.24) is 10.2 Å². The summed E-state index contributed by atoms with van der Waals surface area (Å²) in [5.74, 6) is -0.0291. The van der Waals surface area contributed by atoms with Gasteiger partial charge in [-0.3, -0.25) is 9.89 Å². The standard InChI is InChI=1S/C20H15ClN4O2/c1-27-18-5-3-2-4-17(18)24-20(26)14(11-22)10-15-12-23-25-19(15)13-6-8-16(21)9-7-13/h2-10,12H,1H3,(H,23,25)(H,24,26)/b14-10-. The third-order valence-electron chi connectivity index (χ3n) is 3.82. The smallest absolute Gasteiger partial charge is 0.266 e. The average molecular weight is 379 g/mol. The zero-order chi connectivity index (χ0) is 19.2. The third-order valence-corrected chi connectivity index (χ3v) is 4.07. The van der Waals surface area contributed by atoms with Gasteiger partial charge in [-0.2, -0.15) is 10.4 Å². The van der Waals surface area contributed by atoms with Gasteiger partial charge in [-0.15, -0.1) is 0 Å². The summed E-state index contributed by atoms with van der Waals surface area (Å²) in [5.41, 5.74) is 2.56. The van der Waals surface area contributed by atoms with E-state index in [1.165, 1.54) is 13.2 Å². The molecule has 6 nitrogen and oxygen atoms in total. The van der Waals surface area contributed by atoms with Gasteiger partial charge in [0.1, 0.15) is 17.4 Å². The molecule has 0 spiro atoms. The third kappa shape index (κ3) is 4.17. The molecule has 0 aliphatic carbocycles. The lowest BCUT2D eigenvalue weighted by molar-refractivity contribution is -0.112. The molecule has 1 amide bonds. The first-order valence-electron chi connectivity index (χ1n) is 7.98. The number of nitriles is 1. The number of nitrogens with zero attached hydrogens (tertiary/aromatic N) is 2. The fourth-order valence-corrected chi connectivity index (χ4v) is 2.62. The zero-order valence-electron chi connectivity index (χ0n) is 14.4. The molecule has 2 aromatic carbocycles. The van der Waals surface area contributed by atoms with Crippen LogP contribution in [0.4, 0.5) is 5.69 Å². The van der Waals surface area contributed by atoms with Crippen LogP contribution in [-0.4, -0.2) is 23.2 Å². The number of rotatable bonds is 5. The van der Waals surface area contributed by atoms with Gasteiger partial charge in [0.2, 0.25) is 0 Å². The van der Waals surface area contributed by atoms with Crippen molar-refractivity contribution in [2.45, 2.75) is 0 Å². The van der Waals surface area contributed by atoms with Crippen LogP contribution in [0.5, 0.6) is 5.75 Å². The van der Waals surface area contributed by atoms with Crippen LogP contribution in [0.15, 0.2) is 60.3 Å². The van der Waals surface area contributed by atoms with E-state index in [2.05, 4.69) is 15.5 Å². The molecular weight excluding hydrogens is 364 g/mol. The topological polar surface area (TPSA) is 90.8 Å². The molecule has 0 aliphatic heterocycles. The lowest BCUT2D eigenvalue weighted by Crippen LogP contribution is -2.14. The summed E-state index contributed by atoms with van der Waals surface area (Å²) in [6.07, 6.45) is 3.04. The highest BCUT2D eigenvalue weighted by molar-refractivity contribution is 6.30. The van der Waals surface area contributed by atoms with Gasteiger partial charge in [-0.25, -0.2) is 0 Å².